The number of nitrogens with zero attached hydrogens (tertiary/aromatic N) is 3. The minimum Gasteiger partial charge on any atom is -0.383 e. The topological polar surface area (TPSA) is 62.2 Å². The first-order valence-corrected chi connectivity index (χ1v) is 12.6. The van der Waals surface area contributed by atoms with Crippen LogP contribution in [0.25, 0.3) is 0 Å². The Morgan fingerprint density at radius 1 is 1.14 bits per heavy atom. The quantitative estimate of drug-likeness (QED) is 0.352. The van der Waals surface area contributed by atoms with E-state index in [2.05, 4.69) is 5.10 Å². The Hall–Kier alpha value is -3.21. The first-order valence-electron chi connectivity index (χ1n) is 11.3. The van der Waals surface area contributed by atoms with Crippen molar-refractivity contribution in [3.8, 4) is 0 Å². The summed E-state index contributed by atoms with van der Waals surface area (Å²) in [5, 5.41) is 8.46. The van der Waals surface area contributed by atoms with E-state index in [1.165, 1.54) is 28.4 Å². The van der Waals surface area contributed by atoms with Gasteiger partial charge < -0.3 is 9.64 Å². The van der Waals surface area contributed by atoms with Crippen LogP contribution in [0, 0.1) is 0 Å². The predicted molar refractivity (Wildman–Crippen MR) is 136 cm³/mol. The van der Waals surface area contributed by atoms with Crippen LogP contribution in [0.15, 0.2) is 71.1 Å². The molecule has 0 spiro atoms. The largest absolute Gasteiger partial charge is 0.416 e. The highest BCUT2D eigenvalue weighted by atomic mass is 35.5. The second-order valence-corrected chi connectivity index (χ2v) is 9.71. The van der Waals surface area contributed by atoms with Gasteiger partial charge in [-0.25, -0.2) is 5.01 Å². The van der Waals surface area contributed by atoms with Gasteiger partial charge in [-0.15, -0.1) is 11.3 Å². The maximum atomic E-state index is 13.5. The maximum absolute atomic E-state index is 13.5. The number of hydrazone groups is 1. The van der Waals surface area contributed by atoms with Gasteiger partial charge in [-0.2, -0.15) is 18.3 Å². The molecular weight excluding hydrogens is 527 g/mol. The van der Waals surface area contributed by atoms with Crippen molar-refractivity contribution in [2.75, 3.05) is 26.8 Å². The average molecular weight is 550 g/mol. The summed E-state index contributed by atoms with van der Waals surface area (Å²) in [4.78, 5) is 28.9. The van der Waals surface area contributed by atoms with Crippen molar-refractivity contribution >= 4 is 40.5 Å². The van der Waals surface area contributed by atoms with Crippen LogP contribution in [0.4, 0.5) is 13.2 Å². The van der Waals surface area contributed by atoms with Crippen LogP contribution in [-0.2, 0) is 15.7 Å². The van der Waals surface area contributed by atoms with E-state index in [4.69, 9.17) is 16.3 Å². The number of carbonyl (C=O) groups excluding carboxylic acids is 2. The van der Waals surface area contributed by atoms with Gasteiger partial charge in [0, 0.05) is 30.7 Å². The van der Waals surface area contributed by atoms with Crippen molar-refractivity contribution in [2.24, 2.45) is 5.10 Å². The Morgan fingerprint density at radius 3 is 2.43 bits per heavy atom. The maximum Gasteiger partial charge on any atom is 0.416 e. The van der Waals surface area contributed by atoms with Crippen molar-refractivity contribution in [3.63, 3.8) is 0 Å². The van der Waals surface area contributed by atoms with Crippen LogP contribution >= 0.6 is 22.9 Å². The molecule has 1 aliphatic heterocycles. The highest BCUT2D eigenvalue weighted by Crippen LogP contribution is 2.34. The smallest absolute Gasteiger partial charge is 0.383 e. The van der Waals surface area contributed by atoms with Gasteiger partial charge in [0.05, 0.1) is 28.8 Å². The van der Waals surface area contributed by atoms with Crippen LogP contribution in [0.1, 0.15) is 38.8 Å². The van der Waals surface area contributed by atoms with Gasteiger partial charge in [0.15, 0.2) is 0 Å². The fourth-order valence-electron chi connectivity index (χ4n) is 3.95. The van der Waals surface area contributed by atoms with Crippen molar-refractivity contribution in [3.05, 3.63) is 92.6 Å². The number of hydrogen-bond acceptors (Lipinski definition) is 5. The first kappa shape index (κ1) is 26.8. The molecule has 2 aromatic carbocycles. The summed E-state index contributed by atoms with van der Waals surface area (Å²) in [6.07, 6.45) is -4.03. The number of methoxy groups -OCH3 is 1. The van der Waals surface area contributed by atoms with Crippen molar-refractivity contribution in [2.45, 2.75) is 18.6 Å². The Morgan fingerprint density at radius 2 is 1.84 bits per heavy atom. The molecule has 6 nitrogen and oxygen atoms in total. The lowest BCUT2D eigenvalue weighted by Gasteiger charge is -2.27. The van der Waals surface area contributed by atoms with Crippen molar-refractivity contribution < 1.29 is 27.5 Å². The lowest BCUT2D eigenvalue weighted by Crippen LogP contribution is -2.42. The van der Waals surface area contributed by atoms with E-state index < -0.39 is 29.6 Å². The Labute approximate surface area is 220 Å². The Bertz CT molecular complexity index is 1260. The SMILES string of the molecule is COCCN(CC(=O)N1N=C(c2cccs2)C[C@@H]1c1ccc(Cl)cc1)C(=O)c1ccc(C(F)(F)F)cc1. The fraction of sp³-hybridized carbons (Fsp3) is 0.269. The minimum absolute atomic E-state index is 0.0374. The van der Waals surface area contributed by atoms with Gasteiger partial charge >= 0.3 is 6.18 Å². The number of ether oxygens (including phenoxy) is 1. The number of amides is 2. The summed E-state index contributed by atoms with van der Waals surface area (Å²) in [5.74, 6) is -1.01. The Balaban J connectivity index is 1.58. The number of alkyl halides is 3. The molecule has 37 heavy (non-hydrogen) atoms. The van der Waals surface area contributed by atoms with Crippen LogP contribution < -0.4 is 0 Å². The molecule has 0 aliphatic carbocycles. The molecule has 0 fully saturated rings. The summed E-state index contributed by atoms with van der Waals surface area (Å²) in [6.45, 7) is -0.110. The molecule has 1 aliphatic rings. The van der Waals surface area contributed by atoms with Crippen LogP contribution in [0.2, 0.25) is 5.02 Å². The molecule has 194 valence electrons. The van der Waals surface area contributed by atoms with E-state index in [1.54, 1.807) is 12.1 Å². The van der Waals surface area contributed by atoms with Gasteiger partial charge in [-0.1, -0.05) is 29.8 Å². The second kappa shape index (κ2) is 11.5. The van der Waals surface area contributed by atoms with E-state index in [0.29, 0.717) is 11.4 Å². The molecule has 11 heteroatoms. The summed E-state index contributed by atoms with van der Waals surface area (Å²) >= 11 is 7.56. The van der Waals surface area contributed by atoms with Gasteiger partial charge in [0.25, 0.3) is 11.8 Å². The number of halogens is 4. The van der Waals surface area contributed by atoms with Crippen molar-refractivity contribution in [1.82, 2.24) is 9.91 Å². The molecule has 0 bridgehead atoms. The number of benzene rings is 2. The second-order valence-electron chi connectivity index (χ2n) is 8.33. The van der Waals surface area contributed by atoms with Crippen LogP contribution in [0.5, 0.6) is 0 Å². The van der Waals surface area contributed by atoms with Gasteiger partial charge in [0.2, 0.25) is 0 Å². The third kappa shape index (κ3) is 6.38. The molecule has 2 heterocycles. The highest BCUT2D eigenvalue weighted by molar-refractivity contribution is 7.12. The lowest BCUT2D eigenvalue weighted by atomic mass is 10.0. The number of hydrogen-bond donors (Lipinski definition) is 0. The van der Waals surface area contributed by atoms with E-state index >= 15 is 0 Å². The van der Waals surface area contributed by atoms with Crippen molar-refractivity contribution in [1.29, 1.82) is 0 Å². The first-order chi connectivity index (χ1) is 17.7. The minimum atomic E-state index is -4.52. The van der Waals surface area contributed by atoms with Gasteiger partial charge in [-0.3, -0.25) is 9.59 Å². The molecule has 0 saturated heterocycles. The normalized spacial score (nSPS) is 15.5. The lowest BCUT2D eigenvalue weighted by molar-refractivity contribution is -0.137. The summed E-state index contributed by atoms with van der Waals surface area (Å²) in [6, 6.07) is 14.5. The van der Waals surface area contributed by atoms with Crippen LogP contribution in [0.3, 0.4) is 0 Å². The molecule has 0 radical (unpaired) electrons. The zero-order valence-corrected chi connectivity index (χ0v) is 21.3. The summed E-state index contributed by atoms with van der Waals surface area (Å²) < 4.78 is 43.9. The van der Waals surface area contributed by atoms with Gasteiger partial charge in [0.1, 0.15) is 6.54 Å². The van der Waals surface area contributed by atoms with E-state index in [9.17, 15) is 22.8 Å². The molecular formula is C26H23ClF3N3O3S. The van der Waals surface area contributed by atoms with E-state index in [1.807, 2.05) is 29.6 Å². The highest BCUT2D eigenvalue weighted by Gasteiger charge is 2.35. The fourth-order valence-corrected chi connectivity index (χ4v) is 4.80. The monoisotopic (exact) mass is 549 g/mol. The third-order valence-corrected chi connectivity index (χ3v) is 7.03. The molecule has 1 atom stereocenters. The zero-order valence-electron chi connectivity index (χ0n) is 19.7. The number of carbonyl (C=O) groups is 2. The number of thiophene rings is 1. The molecule has 2 amide bonds. The molecule has 3 aromatic rings. The predicted octanol–water partition coefficient (Wildman–Crippen LogP) is 5.89. The summed E-state index contributed by atoms with van der Waals surface area (Å²) in [7, 11) is 1.46. The van der Waals surface area contributed by atoms with E-state index in [0.717, 1.165) is 40.4 Å². The number of rotatable bonds is 8. The molecule has 0 N–H and O–H groups in total. The van der Waals surface area contributed by atoms with Crippen LogP contribution in [-0.4, -0.2) is 54.2 Å². The zero-order chi connectivity index (χ0) is 26.6. The molecule has 1 aromatic heterocycles. The third-order valence-electron chi connectivity index (χ3n) is 5.86. The summed E-state index contributed by atoms with van der Waals surface area (Å²) in [5.41, 5.74) is 0.767. The standard InChI is InChI=1S/C26H23ClF3N3O3S/c1-36-13-12-32(25(35)18-4-8-19(9-5-18)26(28,29)30)16-24(34)33-22(17-6-10-20(27)11-7-17)15-21(31-33)23-3-2-14-37-23/h2-11,14,22H,12-13,15-16H2,1H3/t22-/m1/s1. The van der Waals surface area contributed by atoms with Gasteiger partial charge in [-0.05, 0) is 53.4 Å². The molecule has 4 rings (SSSR count). The molecule has 0 saturated carbocycles. The Kier molecular flexibility index (Phi) is 8.31. The average Bonchev–Trinajstić information content (AvgIpc) is 3.56. The molecule has 0 unspecified atom stereocenters. The van der Waals surface area contributed by atoms with E-state index in [-0.39, 0.29) is 25.3 Å².